The Morgan fingerprint density at radius 3 is 3.06 bits per heavy atom. The number of hydrogen-bond acceptors (Lipinski definition) is 4. The summed E-state index contributed by atoms with van der Waals surface area (Å²) in [6.07, 6.45) is 3.76. The van der Waals surface area contributed by atoms with E-state index in [0.29, 0.717) is 12.5 Å². The number of ether oxygens (including phenoxy) is 2. The molecule has 0 amide bonds. The maximum Gasteiger partial charge on any atom is 0.0951 e. The van der Waals surface area contributed by atoms with Gasteiger partial charge < -0.3 is 14.4 Å². The maximum absolute atomic E-state index is 8.60. The Balaban J connectivity index is 1.88. The number of rotatable bonds is 3. The lowest BCUT2D eigenvalue weighted by Gasteiger charge is -2.40. The summed E-state index contributed by atoms with van der Waals surface area (Å²) in [5.41, 5.74) is -0.0240. The third-order valence-corrected chi connectivity index (χ3v) is 3.73. The van der Waals surface area contributed by atoms with Crippen LogP contribution in [0.5, 0.6) is 0 Å². The predicted octanol–water partition coefficient (Wildman–Crippen LogP) is 1.17. The van der Waals surface area contributed by atoms with E-state index in [4.69, 9.17) is 14.7 Å². The number of hydrogen-bond donors (Lipinski definition) is 0. The van der Waals surface area contributed by atoms with Gasteiger partial charge in [0.05, 0.1) is 18.3 Å². The normalized spacial score (nSPS) is 34.4. The van der Waals surface area contributed by atoms with Crippen molar-refractivity contribution in [2.45, 2.75) is 37.3 Å². The highest BCUT2D eigenvalue weighted by molar-refractivity contribution is 4.93. The third kappa shape index (κ3) is 2.54. The minimum absolute atomic E-state index is 0.0240. The molecule has 0 aromatic rings. The largest absolute Gasteiger partial charge is 0.378 e. The summed E-state index contributed by atoms with van der Waals surface area (Å²) in [5.74, 6) is 0. The van der Waals surface area contributed by atoms with Gasteiger partial charge in [0.2, 0.25) is 0 Å². The van der Waals surface area contributed by atoms with E-state index >= 15 is 0 Å². The zero-order valence-corrected chi connectivity index (χ0v) is 9.95. The second-order valence-electron chi connectivity index (χ2n) is 4.87. The van der Waals surface area contributed by atoms with Crippen LogP contribution in [0.3, 0.4) is 0 Å². The lowest BCUT2D eigenvalue weighted by atomic mass is 9.89. The van der Waals surface area contributed by atoms with Crippen molar-refractivity contribution >= 4 is 0 Å². The van der Waals surface area contributed by atoms with Crippen molar-refractivity contribution in [1.82, 2.24) is 4.90 Å². The average molecular weight is 224 g/mol. The molecule has 0 bridgehead atoms. The second kappa shape index (κ2) is 5.13. The molecule has 2 unspecified atom stereocenters. The van der Waals surface area contributed by atoms with Crippen molar-refractivity contribution in [2.24, 2.45) is 0 Å². The Kier molecular flexibility index (Phi) is 3.80. The summed E-state index contributed by atoms with van der Waals surface area (Å²) in [7, 11) is 2.11. The van der Waals surface area contributed by atoms with Crippen molar-refractivity contribution in [3.8, 4) is 6.07 Å². The summed E-state index contributed by atoms with van der Waals surface area (Å²) < 4.78 is 11.3. The molecular weight excluding hydrogens is 204 g/mol. The molecule has 4 nitrogen and oxygen atoms in total. The molecule has 0 aromatic carbocycles. The van der Waals surface area contributed by atoms with Crippen LogP contribution in [0.4, 0.5) is 0 Å². The quantitative estimate of drug-likeness (QED) is 0.722. The Labute approximate surface area is 97.1 Å². The monoisotopic (exact) mass is 224 g/mol. The first kappa shape index (κ1) is 11.8. The fourth-order valence-corrected chi connectivity index (χ4v) is 2.65. The zero-order chi connectivity index (χ0) is 11.4. The minimum Gasteiger partial charge on any atom is -0.378 e. The fraction of sp³-hybridized carbons (Fsp3) is 0.917. The molecule has 2 fully saturated rings. The van der Waals surface area contributed by atoms with Gasteiger partial charge in [-0.25, -0.2) is 0 Å². The highest BCUT2D eigenvalue weighted by Crippen LogP contribution is 2.34. The molecule has 0 radical (unpaired) electrons. The Morgan fingerprint density at radius 2 is 2.38 bits per heavy atom. The summed E-state index contributed by atoms with van der Waals surface area (Å²) in [5, 5.41) is 8.60. The molecule has 0 saturated carbocycles. The van der Waals surface area contributed by atoms with Gasteiger partial charge in [-0.2, -0.15) is 5.26 Å². The molecule has 16 heavy (non-hydrogen) atoms. The Morgan fingerprint density at radius 1 is 1.50 bits per heavy atom. The van der Waals surface area contributed by atoms with E-state index in [1.165, 1.54) is 0 Å². The summed E-state index contributed by atoms with van der Waals surface area (Å²) in [4.78, 5) is 2.30. The van der Waals surface area contributed by atoms with Crippen molar-refractivity contribution in [3.63, 3.8) is 0 Å². The van der Waals surface area contributed by atoms with Crippen LogP contribution in [0.1, 0.15) is 25.7 Å². The van der Waals surface area contributed by atoms with Crippen LogP contribution in [0.25, 0.3) is 0 Å². The van der Waals surface area contributed by atoms with Crippen LogP contribution in [0.2, 0.25) is 0 Å². The van der Waals surface area contributed by atoms with E-state index in [1.807, 2.05) is 0 Å². The lowest BCUT2D eigenvalue weighted by Crippen LogP contribution is -2.48. The third-order valence-electron chi connectivity index (χ3n) is 3.73. The highest BCUT2D eigenvalue weighted by Gasteiger charge is 2.41. The van der Waals surface area contributed by atoms with Crippen molar-refractivity contribution in [2.75, 3.05) is 33.4 Å². The molecule has 90 valence electrons. The van der Waals surface area contributed by atoms with E-state index < -0.39 is 0 Å². The van der Waals surface area contributed by atoms with Gasteiger partial charge in [-0.05, 0) is 19.9 Å². The first-order valence-electron chi connectivity index (χ1n) is 6.05. The SMILES string of the molecule is CN(CCC#N)C1CCOC2(CCOC2)C1. The van der Waals surface area contributed by atoms with Crippen LogP contribution in [-0.2, 0) is 9.47 Å². The molecular formula is C12H20N2O2. The topological polar surface area (TPSA) is 45.5 Å². The van der Waals surface area contributed by atoms with Crippen LogP contribution in [0.15, 0.2) is 0 Å². The summed E-state index contributed by atoms with van der Waals surface area (Å²) in [6.45, 7) is 3.26. The van der Waals surface area contributed by atoms with Gasteiger partial charge in [0.1, 0.15) is 0 Å². The molecule has 0 aromatic heterocycles. The van der Waals surface area contributed by atoms with E-state index in [9.17, 15) is 0 Å². The summed E-state index contributed by atoms with van der Waals surface area (Å²) in [6, 6.07) is 2.75. The average Bonchev–Trinajstić information content (AvgIpc) is 2.74. The lowest BCUT2D eigenvalue weighted by molar-refractivity contribution is -0.103. The van der Waals surface area contributed by atoms with Gasteiger partial charge in [-0.3, -0.25) is 0 Å². The van der Waals surface area contributed by atoms with Crippen LogP contribution in [-0.4, -0.2) is 50.0 Å². The highest BCUT2D eigenvalue weighted by atomic mass is 16.6. The van der Waals surface area contributed by atoms with Gasteiger partial charge in [-0.15, -0.1) is 0 Å². The minimum atomic E-state index is -0.0240. The van der Waals surface area contributed by atoms with Crippen molar-refractivity contribution in [3.05, 3.63) is 0 Å². The molecule has 4 heteroatoms. The first-order valence-corrected chi connectivity index (χ1v) is 6.05. The van der Waals surface area contributed by atoms with Gasteiger partial charge in [0.25, 0.3) is 0 Å². The van der Waals surface area contributed by atoms with E-state index in [2.05, 4.69) is 18.0 Å². The molecule has 2 rings (SSSR count). The molecule has 0 N–H and O–H groups in total. The molecule has 2 aliphatic rings. The van der Waals surface area contributed by atoms with Gasteiger partial charge in [0, 0.05) is 38.6 Å². The van der Waals surface area contributed by atoms with E-state index in [-0.39, 0.29) is 5.60 Å². The van der Waals surface area contributed by atoms with Gasteiger partial charge in [0.15, 0.2) is 0 Å². The molecule has 2 heterocycles. The van der Waals surface area contributed by atoms with Crippen LogP contribution >= 0.6 is 0 Å². The second-order valence-corrected chi connectivity index (χ2v) is 4.87. The fourth-order valence-electron chi connectivity index (χ4n) is 2.65. The number of nitrogens with zero attached hydrogens (tertiary/aromatic N) is 2. The van der Waals surface area contributed by atoms with E-state index in [1.54, 1.807) is 0 Å². The Bertz CT molecular complexity index is 269. The predicted molar refractivity (Wildman–Crippen MR) is 60.0 cm³/mol. The van der Waals surface area contributed by atoms with Crippen LogP contribution in [0, 0.1) is 11.3 Å². The van der Waals surface area contributed by atoms with Gasteiger partial charge in [-0.1, -0.05) is 0 Å². The summed E-state index contributed by atoms with van der Waals surface area (Å²) >= 11 is 0. The standard InChI is InChI=1S/C12H20N2O2/c1-14(6-2-5-13)11-3-7-16-12(9-11)4-8-15-10-12/h11H,2-4,6-10H2,1H3. The van der Waals surface area contributed by atoms with Crippen molar-refractivity contribution < 1.29 is 9.47 Å². The van der Waals surface area contributed by atoms with Crippen molar-refractivity contribution in [1.29, 1.82) is 5.26 Å². The van der Waals surface area contributed by atoms with E-state index in [0.717, 1.165) is 45.6 Å². The first-order chi connectivity index (χ1) is 7.76. The van der Waals surface area contributed by atoms with Gasteiger partial charge >= 0.3 is 0 Å². The molecule has 0 aliphatic carbocycles. The zero-order valence-electron chi connectivity index (χ0n) is 9.95. The molecule has 2 aliphatic heterocycles. The molecule has 2 saturated heterocycles. The van der Waals surface area contributed by atoms with Crippen LogP contribution < -0.4 is 0 Å². The smallest absolute Gasteiger partial charge is 0.0951 e. The molecule has 2 atom stereocenters. The maximum atomic E-state index is 8.60. The Hall–Kier alpha value is -0.630. The molecule has 1 spiro atoms. The number of nitriles is 1.